The molecule has 116 valence electrons. The van der Waals surface area contributed by atoms with E-state index in [2.05, 4.69) is 4.72 Å². The lowest BCUT2D eigenvalue weighted by atomic mass is 10.2. The summed E-state index contributed by atoms with van der Waals surface area (Å²) in [6.07, 6.45) is 2.63. The molecule has 1 unspecified atom stereocenters. The number of hydrogen-bond donors (Lipinski definition) is 1. The van der Waals surface area contributed by atoms with Crippen LogP contribution in [0.1, 0.15) is 19.3 Å². The van der Waals surface area contributed by atoms with Crippen molar-refractivity contribution < 1.29 is 22.6 Å². The van der Waals surface area contributed by atoms with Crippen LogP contribution in [0.4, 0.5) is 0 Å². The molecule has 6 nitrogen and oxygen atoms in total. The Labute approximate surface area is 124 Å². The predicted octanol–water partition coefficient (Wildman–Crippen LogP) is 1.31. The van der Waals surface area contributed by atoms with E-state index in [0.29, 0.717) is 37.9 Å². The summed E-state index contributed by atoms with van der Waals surface area (Å²) in [6.45, 7) is 2.11. The summed E-state index contributed by atoms with van der Waals surface area (Å²) < 4.78 is 43.6. The van der Waals surface area contributed by atoms with E-state index in [4.69, 9.17) is 14.2 Å². The van der Waals surface area contributed by atoms with Gasteiger partial charge in [-0.2, -0.15) is 0 Å². The lowest BCUT2D eigenvalue weighted by Crippen LogP contribution is -2.31. The van der Waals surface area contributed by atoms with Crippen molar-refractivity contribution in [2.45, 2.75) is 30.3 Å². The fourth-order valence-corrected chi connectivity index (χ4v) is 3.48. The number of fused-ring (bicyclic) bond motifs is 1. The van der Waals surface area contributed by atoms with Gasteiger partial charge in [0.1, 0.15) is 0 Å². The molecule has 1 atom stereocenters. The second-order valence-electron chi connectivity index (χ2n) is 5.15. The van der Waals surface area contributed by atoms with Gasteiger partial charge < -0.3 is 14.2 Å². The van der Waals surface area contributed by atoms with Gasteiger partial charge in [-0.05, 0) is 25.0 Å². The zero-order valence-corrected chi connectivity index (χ0v) is 12.5. The summed E-state index contributed by atoms with van der Waals surface area (Å²) in [7, 11) is -3.56. The fourth-order valence-electron chi connectivity index (χ4n) is 2.40. The molecule has 1 aromatic carbocycles. The lowest BCUT2D eigenvalue weighted by molar-refractivity contribution is 0.114. The van der Waals surface area contributed by atoms with Gasteiger partial charge in [0.25, 0.3) is 0 Å². The minimum Gasteiger partial charge on any atom is -0.490 e. The van der Waals surface area contributed by atoms with Gasteiger partial charge in [0.15, 0.2) is 11.5 Å². The molecule has 1 aromatic rings. The third-order valence-electron chi connectivity index (χ3n) is 3.55. The van der Waals surface area contributed by atoms with E-state index in [9.17, 15) is 8.42 Å². The quantitative estimate of drug-likeness (QED) is 0.907. The van der Waals surface area contributed by atoms with Gasteiger partial charge in [-0.3, -0.25) is 0 Å². The van der Waals surface area contributed by atoms with Crippen molar-refractivity contribution in [1.82, 2.24) is 4.72 Å². The van der Waals surface area contributed by atoms with Crippen LogP contribution in [0, 0.1) is 0 Å². The summed E-state index contributed by atoms with van der Waals surface area (Å²) in [5.74, 6) is 1.07. The number of nitrogens with one attached hydrogen (secondary N) is 1. The van der Waals surface area contributed by atoms with Crippen LogP contribution in [0.15, 0.2) is 23.1 Å². The van der Waals surface area contributed by atoms with Gasteiger partial charge >= 0.3 is 0 Å². The minimum absolute atomic E-state index is 0.0276. The topological polar surface area (TPSA) is 73.9 Å². The Balaban J connectivity index is 1.73. The molecule has 0 spiro atoms. The Kier molecular flexibility index (Phi) is 4.32. The van der Waals surface area contributed by atoms with Gasteiger partial charge in [-0.25, -0.2) is 13.1 Å². The van der Waals surface area contributed by atoms with Crippen LogP contribution < -0.4 is 14.2 Å². The van der Waals surface area contributed by atoms with Crippen molar-refractivity contribution >= 4 is 10.0 Å². The highest BCUT2D eigenvalue weighted by molar-refractivity contribution is 7.89. The molecular formula is C14H19NO5S. The molecular weight excluding hydrogens is 294 g/mol. The largest absolute Gasteiger partial charge is 0.490 e. The van der Waals surface area contributed by atoms with Gasteiger partial charge in [-0.1, -0.05) is 0 Å². The van der Waals surface area contributed by atoms with E-state index < -0.39 is 10.0 Å². The highest BCUT2D eigenvalue weighted by atomic mass is 32.2. The first-order valence-electron chi connectivity index (χ1n) is 7.16. The molecule has 1 fully saturated rings. The molecule has 0 saturated carbocycles. The monoisotopic (exact) mass is 313 g/mol. The average Bonchev–Trinajstić information content (AvgIpc) is 2.89. The molecule has 3 rings (SSSR count). The summed E-state index contributed by atoms with van der Waals surface area (Å²) in [5, 5.41) is 0. The molecule has 7 heteroatoms. The van der Waals surface area contributed by atoms with E-state index >= 15 is 0 Å². The normalized spacial score (nSPS) is 22.0. The Morgan fingerprint density at radius 2 is 1.90 bits per heavy atom. The van der Waals surface area contributed by atoms with Crippen LogP contribution in [0.5, 0.6) is 11.5 Å². The molecule has 1 N–H and O–H groups in total. The first kappa shape index (κ1) is 14.6. The first-order chi connectivity index (χ1) is 10.1. The Bertz CT molecular complexity index is 595. The third-order valence-corrected chi connectivity index (χ3v) is 4.98. The highest BCUT2D eigenvalue weighted by Gasteiger charge is 2.22. The maximum absolute atomic E-state index is 12.3. The zero-order chi connectivity index (χ0) is 14.7. The molecule has 1 saturated heterocycles. The summed E-state index contributed by atoms with van der Waals surface area (Å²) in [6, 6.07) is 4.69. The maximum Gasteiger partial charge on any atom is 0.240 e. The van der Waals surface area contributed by atoms with Crippen molar-refractivity contribution in [3.63, 3.8) is 0 Å². The highest BCUT2D eigenvalue weighted by Crippen LogP contribution is 2.31. The van der Waals surface area contributed by atoms with Crippen molar-refractivity contribution in [3.8, 4) is 11.5 Å². The number of benzene rings is 1. The predicted molar refractivity (Wildman–Crippen MR) is 76.2 cm³/mol. The third kappa shape index (κ3) is 3.48. The van der Waals surface area contributed by atoms with Crippen molar-refractivity contribution in [1.29, 1.82) is 0 Å². The number of hydrogen-bond acceptors (Lipinski definition) is 5. The van der Waals surface area contributed by atoms with Crippen LogP contribution >= 0.6 is 0 Å². The van der Waals surface area contributed by atoms with Crippen LogP contribution in [0.25, 0.3) is 0 Å². The molecule has 0 aromatic heterocycles. The average molecular weight is 313 g/mol. The van der Waals surface area contributed by atoms with E-state index in [0.717, 1.165) is 19.3 Å². The van der Waals surface area contributed by atoms with Crippen molar-refractivity contribution in [3.05, 3.63) is 18.2 Å². The van der Waals surface area contributed by atoms with E-state index in [1.807, 2.05) is 0 Å². The van der Waals surface area contributed by atoms with Crippen molar-refractivity contribution in [2.24, 2.45) is 0 Å². The van der Waals surface area contributed by atoms with Crippen LogP contribution in [0.2, 0.25) is 0 Å². The molecule has 2 heterocycles. The summed E-state index contributed by atoms with van der Waals surface area (Å²) >= 11 is 0. The molecule has 2 aliphatic rings. The van der Waals surface area contributed by atoms with Crippen LogP contribution in [-0.4, -0.2) is 40.9 Å². The minimum atomic E-state index is -3.56. The van der Waals surface area contributed by atoms with Crippen LogP contribution in [0.3, 0.4) is 0 Å². The molecule has 0 radical (unpaired) electrons. The SMILES string of the molecule is O=S(=O)(NCC1CCCO1)c1ccc2c(c1)OCCCO2. The fraction of sp³-hybridized carbons (Fsp3) is 0.571. The second kappa shape index (κ2) is 6.21. The maximum atomic E-state index is 12.3. The summed E-state index contributed by atoms with van der Waals surface area (Å²) in [5.41, 5.74) is 0. The number of ether oxygens (including phenoxy) is 3. The zero-order valence-electron chi connectivity index (χ0n) is 11.7. The Morgan fingerprint density at radius 3 is 2.67 bits per heavy atom. The van der Waals surface area contributed by atoms with E-state index in [-0.39, 0.29) is 11.0 Å². The first-order valence-corrected chi connectivity index (χ1v) is 8.64. The number of rotatable bonds is 4. The van der Waals surface area contributed by atoms with Crippen LogP contribution in [-0.2, 0) is 14.8 Å². The molecule has 21 heavy (non-hydrogen) atoms. The number of sulfonamides is 1. The van der Waals surface area contributed by atoms with Gasteiger partial charge in [-0.15, -0.1) is 0 Å². The van der Waals surface area contributed by atoms with E-state index in [1.165, 1.54) is 12.1 Å². The Hall–Kier alpha value is -1.31. The molecule has 0 amide bonds. The summed E-state index contributed by atoms with van der Waals surface area (Å²) in [4.78, 5) is 0.185. The molecule has 2 aliphatic heterocycles. The standard InChI is InChI=1S/C14H19NO5S/c16-21(17,15-10-11-3-1-6-18-11)12-4-5-13-14(9-12)20-8-2-7-19-13/h4-5,9,11,15H,1-3,6-8,10H2. The van der Waals surface area contributed by atoms with E-state index in [1.54, 1.807) is 6.07 Å². The van der Waals surface area contributed by atoms with Gasteiger partial charge in [0.05, 0.1) is 24.2 Å². The lowest BCUT2D eigenvalue weighted by Gasteiger charge is -2.13. The second-order valence-corrected chi connectivity index (χ2v) is 6.91. The van der Waals surface area contributed by atoms with Gasteiger partial charge in [0, 0.05) is 25.6 Å². The van der Waals surface area contributed by atoms with Crippen molar-refractivity contribution in [2.75, 3.05) is 26.4 Å². The molecule has 0 bridgehead atoms. The smallest absolute Gasteiger partial charge is 0.240 e. The Morgan fingerprint density at radius 1 is 1.10 bits per heavy atom. The molecule has 0 aliphatic carbocycles. The van der Waals surface area contributed by atoms with Gasteiger partial charge in [0.2, 0.25) is 10.0 Å².